The molecule has 1 atom stereocenters. The zero-order valence-corrected chi connectivity index (χ0v) is 9.71. The number of rotatable bonds is 4. The van der Waals surface area contributed by atoms with E-state index >= 15 is 0 Å². The maximum Gasteiger partial charge on any atom is 0.237 e. The predicted molar refractivity (Wildman–Crippen MR) is 63.3 cm³/mol. The van der Waals surface area contributed by atoms with E-state index in [0.717, 1.165) is 19.5 Å². The van der Waals surface area contributed by atoms with E-state index in [1.165, 1.54) is 5.56 Å². The van der Waals surface area contributed by atoms with Gasteiger partial charge in [0.15, 0.2) is 0 Å². The Morgan fingerprint density at radius 2 is 2.53 bits per heavy atom. The van der Waals surface area contributed by atoms with Crippen molar-refractivity contribution in [1.29, 1.82) is 0 Å². The average Bonchev–Trinajstić information content (AvgIpc) is 2.38. The molecule has 1 saturated heterocycles. The number of carbonyl (C=O) groups excluding carboxylic acids is 1. The van der Waals surface area contributed by atoms with Crippen LogP contribution in [-0.2, 0) is 16.0 Å². The molecule has 2 heterocycles. The van der Waals surface area contributed by atoms with E-state index in [4.69, 9.17) is 10.5 Å². The zero-order chi connectivity index (χ0) is 12.1. The quantitative estimate of drug-likeness (QED) is 0.785. The SMILES string of the molecule is NC(=O)C1COCCN1CCc1cccnc1. The first-order valence-corrected chi connectivity index (χ1v) is 5.77. The van der Waals surface area contributed by atoms with E-state index in [9.17, 15) is 4.79 Å². The predicted octanol–water partition coefficient (Wildman–Crippen LogP) is -0.190. The minimum atomic E-state index is -0.309. The molecule has 0 spiro atoms. The van der Waals surface area contributed by atoms with Crippen molar-refractivity contribution in [3.63, 3.8) is 0 Å². The van der Waals surface area contributed by atoms with E-state index in [1.807, 2.05) is 18.3 Å². The van der Waals surface area contributed by atoms with Crippen LogP contribution in [-0.4, -0.2) is 48.1 Å². The topological polar surface area (TPSA) is 68.5 Å². The molecule has 2 N–H and O–H groups in total. The van der Waals surface area contributed by atoms with Gasteiger partial charge in [-0.3, -0.25) is 14.7 Å². The van der Waals surface area contributed by atoms with E-state index in [2.05, 4.69) is 9.88 Å². The van der Waals surface area contributed by atoms with Crippen molar-refractivity contribution >= 4 is 5.91 Å². The molecule has 1 fully saturated rings. The first kappa shape index (κ1) is 12.0. The number of hydrogen-bond acceptors (Lipinski definition) is 4. The molecule has 1 aromatic heterocycles. The number of hydrogen-bond donors (Lipinski definition) is 1. The van der Waals surface area contributed by atoms with Crippen molar-refractivity contribution in [3.8, 4) is 0 Å². The lowest BCUT2D eigenvalue weighted by Gasteiger charge is -2.33. The van der Waals surface area contributed by atoms with Gasteiger partial charge in [0.1, 0.15) is 6.04 Å². The molecule has 92 valence electrons. The number of aromatic nitrogens is 1. The Bertz CT molecular complexity index is 369. The van der Waals surface area contributed by atoms with Crippen LogP contribution in [0.5, 0.6) is 0 Å². The molecule has 1 aromatic rings. The summed E-state index contributed by atoms with van der Waals surface area (Å²) in [5.41, 5.74) is 6.52. The Kier molecular flexibility index (Phi) is 4.06. The van der Waals surface area contributed by atoms with Crippen molar-refractivity contribution in [3.05, 3.63) is 30.1 Å². The molecule has 1 aliphatic rings. The second kappa shape index (κ2) is 5.75. The molecule has 0 radical (unpaired) electrons. The molecule has 1 amide bonds. The monoisotopic (exact) mass is 235 g/mol. The summed E-state index contributed by atoms with van der Waals surface area (Å²) in [5, 5.41) is 0. The molecule has 1 unspecified atom stereocenters. The largest absolute Gasteiger partial charge is 0.378 e. The van der Waals surface area contributed by atoms with Crippen molar-refractivity contribution in [2.75, 3.05) is 26.3 Å². The Hall–Kier alpha value is -1.46. The summed E-state index contributed by atoms with van der Waals surface area (Å²) in [6.45, 7) is 2.63. The molecular formula is C12H17N3O2. The fourth-order valence-electron chi connectivity index (χ4n) is 1.99. The Labute approximate surface area is 101 Å². The molecule has 5 nitrogen and oxygen atoms in total. The van der Waals surface area contributed by atoms with Gasteiger partial charge in [-0.05, 0) is 18.1 Å². The Balaban J connectivity index is 1.90. The van der Waals surface area contributed by atoms with Crippen LogP contribution in [0.1, 0.15) is 5.56 Å². The van der Waals surface area contributed by atoms with E-state index in [1.54, 1.807) is 6.20 Å². The molecule has 17 heavy (non-hydrogen) atoms. The summed E-state index contributed by atoms with van der Waals surface area (Å²) in [4.78, 5) is 17.4. The van der Waals surface area contributed by atoms with Gasteiger partial charge >= 0.3 is 0 Å². The molecular weight excluding hydrogens is 218 g/mol. The maximum absolute atomic E-state index is 11.3. The molecule has 0 saturated carbocycles. The molecule has 0 aliphatic carbocycles. The lowest BCUT2D eigenvalue weighted by Crippen LogP contribution is -2.52. The summed E-state index contributed by atoms with van der Waals surface area (Å²) >= 11 is 0. The third-order valence-electron chi connectivity index (χ3n) is 2.98. The van der Waals surface area contributed by atoms with Gasteiger partial charge in [-0.1, -0.05) is 6.07 Å². The zero-order valence-electron chi connectivity index (χ0n) is 9.71. The van der Waals surface area contributed by atoms with Gasteiger partial charge in [0.05, 0.1) is 13.2 Å². The Morgan fingerprint density at radius 1 is 1.65 bits per heavy atom. The van der Waals surface area contributed by atoms with Crippen LogP contribution in [0.2, 0.25) is 0 Å². The number of morpholine rings is 1. The van der Waals surface area contributed by atoms with Crippen LogP contribution in [0.25, 0.3) is 0 Å². The number of primary amides is 1. The number of nitrogens with zero attached hydrogens (tertiary/aromatic N) is 2. The summed E-state index contributed by atoms with van der Waals surface area (Å²) in [5.74, 6) is -0.309. The van der Waals surface area contributed by atoms with E-state index in [0.29, 0.717) is 13.2 Å². The number of carbonyl (C=O) groups is 1. The molecule has 1 aliphatic heterocycles. The van der Waals surface area contributed by atoms with Gasteiger partial charge in [0.2, 0.25) is 5.91 Å². The molecule has 0 bridgehead atoms. The van der Waals surface area contributed by atoms with Crippen molar-refractivity contribution in [1.82, 2.24) is 9.88 Å². The van der Waals surface area contributed by atoms with Crippen LogP contribution in [0.4, 0.5) is 0 Å². The first-order chi connectivity index (χ1) is 8.27. The second-order valence-corrected chi connectivity index (χ2v) is 4.14. The number of nitrogens with two attached hydrogens (primary N) is 1. The highest BCUT2D eigenvalue weighted by molar-refractivity contribution is 5.80. The smallest absolute Gasteiger partial charge is 0.237 e. The van der Waals surface area contributed by atoms with Gasteiger partial charge in [0.25, 0.3) is 0 Å². The van der Waals surface area contributed by atoms with Crippen LogP contribution in [0.3, 0.4) is 0 Å². The Morgan fingerprint density at radius 3 is 3.24 bits per heavy atom. The standard InChI is InChI=1S/C12H17N3O2/c13-12(16)11-9-17-7-6-15(11)5-3-10-2-1-4-14-8-10/h1-2,4,8,11H,3,5-7,9H2,(H2,13,16). The summed E-state index contributed by atoms with van der Waals surface area (Å²) in [6, 6.07) is 3.66. The third kappa shape index (κ3) is 3.25. The van der Waals surface area contributed by atoms with Gasteiger partial charge < -0.3 is 10.5 Å². The normalized spacial score (nSPS) is 21.3. The lowest BCUT2D eigenvalue weighted by atomic mass is 10.1. The van der Waals surface area contributed by atoms with Crippen LogP contribution >= 0.6 is 0 Å². The molecule has 2 rings (SSSR count). The van der Waals surface area contributed by atoms with Gasteiger partial charge in [-0.2, -0.15) is 0 Å². The third-order valence-corrected chi connectivity index (χ3v) is 2.98. The number of pyridine rings is 1. The highest BCUT2D eigenvalue weighted by Gasteiger charge is 2.26. The van der Waals surface area contributed by atoms with E-state index < -0.39 is 0 Å². The minimum absolute atomic E-state index is 0.291. The van der Waals surface area contributed by atoms with Crippen molar-refractivity contribution < 1.29 is 9.53 Å². The summed E-state index contributed by atoms with van der Waals surface area (Å²) in [6.07, 6.45) is 4.47. The van der Waals surface area contributed by atoms with Crippen LogP contribution in [0, 0.1) is 0 Å². The number of amides is 1. The average molecular weight is 235 g/mol. The second-order valence-electron chi connectivity index (χ2n) is 4.14. The van der Waals surface area contributed by atoms with Gasteiger partial charge in [-0.25, -0.2) is 0 Å². The van der Waals surface area contributed by atoms with Crippen molar-refractivity contribution in [2.45, 2.75) is 12.5 Å². The molecule has 5 heteroatoms. The van der Waals surface area contributed by atoms with E-state index in [-0.39, 0.29) is 11.9 Å². The molecule has 0 aromatic carbocycles. The summed E-state index contributed by atoms with van der Waals surface area (Å²) in [7, 11) is 0. The van der Waals surface area contributed by atoms with Crippen molar-refractivity contribution in [2.24, 2.45) is 5.73 Å². The minimum Gasteiger partial charge on any atom is -0.378 e. The first-order valence-electron chi connectivity index (χ1n) is 5.77. The number of ether oxygens (including phenoxy) is 1. The van der Waals surface area contributed by atoms with Crippen LogP contribution < -0.4 is 5.73 Å². The van der Waals surface area contributed by atoms with Crippen LogP contribution in [0.15, 0.2) is 24.5 Å². The van der Waals surface area contributed by atoms with Gasteiger partial charge in [-0.15, -0.1) is 0 Å². The fourth-order valence-corrected chi connectivity index (χ4v) is 1.99. The van der Waals surface area contributed by atoms with Gasteiger partial charge in [0, 0.05) is 25.5 Å². The highest BCUT2D eigenvalue weighted by atomic mass is 16.5. The highest BCUT2D eigenvalue weighted by Crippen LogP contribution is 2.08. The lowest BCUT2D eigenvalue weighted by molar-refractivity contribution is -0.129. The summed E-state index contributed by atoms with van der Waals surface area (Å²) < 4.78 is 5.27. The fraction of sp³-hybridized carbons (Fsp3) is 0.500. The maximum atomic E-state index is 11.3.